The average Bonchev–Trinajstić information content (AvgIpc) is 3.04. The van der Waals surface area contributed by atoms with Gasteiger partial charge in [0.1, 0.15) is 11.9 Å². The van der Waals surface area contributed by atoms with Crippen LogP contribution >= 0.6 is 0 Å². The Morgan fingerprint density at radius 1 is 0.795 bits per heavy atom. The Hall–Kier alpha value is -5.08. The van der Waals surface area contributed by atoms with Gasteiger partial charge in [-0.1, -0.05) is 78.4 Å². The van der Waals surface area contributed by atoms with E-state index in [0.717, 1.165) is 22.4 Å². The highest BCUT2D eigenvalue weighted by atomic mass is 32.2. The summed E-state index contributed by atoms with van der Waals surface area (Å²) >= 11 is 0. The molecule has 7 nitrogen and oxygen atoms in total. The summed E-state index contributed by atoms with van der Waals surface area (Å²) < 4.78 is 35.3. The van der Waals surface area contributed by atoms with E-state index in [4.69, 9.17) is 4.74 Å². The monoisotopic (exact) mass is 603 g/mol. The molecule has 1 amide bonds. The van der Waals surface area contributed by atoms with Crippen LogP contribution in [-0.4, -0.2) is 20.9 Å². The molecule has 1 aliphatic rings. The minimum absolute atomic E-state index is 0.000151. The zero-order chi connectivity index (χ0) is 30.7. The summed E-state index contributed by atoms with van der Waals surface area (Å²) in [5, 5.41) is 0. The van der Waals surface area contributed by atoms with Crippen LogP contribution in [0.5, 0.6) is 5.75 Å². The molecule has 0 radical (unpaired) electrons. The van der Waals surface area contributed by atoms with Gasteiger partial charge in [-0.05, 0) is 79.6 Å². The molecule has 1 aliphatic heterocycles. The van der Waals surface area contributed by atoms with Crippen molar-refractivity contribution in [2.24, 2.45) is 0 Å². The van der Waals surface area contributed by atoms with Gasteiger partial charge >= 0.3 is 0 Å². The van der Waals surface area contributed by atoms with Crippen molar-refractivity contribution in [2.75, 3.05) is 21.1 Å². The third-order valence-corrected chi connectivity index (χ3v) is 8.98. The SMILES string of the molecule is CCOc1ccc(NS(=O)(=O)c2ccc3c(c2)C(=O)N(c2ccc(C)cc2)[C@H](c2ccccc2)N3Cc2ccccc2)cc1. The number of nitrogens with zero attached hydrogens (tertiary/aromatic N) is 2. The van der Waals surface area contributed by atoms with Gasteiger partial charge in [-0.3, -0.25) is 14.4 Å². The molecule has 1 atom stereocenters. The van der Waals surface area contributed by atoms with Crippen LogP contribution in [0.3, 0.4) is 0 Å². The fourth-order valence-electron chi connectivity index (χ4n) is 5.49. The number of sulfonamides is 1. The molecule has 1 N–H and O–H groups in total. The smallest absolute Gasteiger partial charge is 0.262 e. The highest BCUT2D eigenvalue weighted by Crippen LogP contribution is 2.43. The second-order valence-corrected chi connectivity index (χ2v) is 12.3. The van der Waals surface area contributed by atoms with Crippen LogP contribution in [0.4, 0.5) is 17.1 Å². The number of carbonyl (C=O) groups excluding carboxylic acids is 1. The van der Waals surface area contributed by atoms with E-state index in [1.54, 1.807) is 41.3 Å². The molecule has 0 spiro atoms. The number of fused-ring (bicyclic) bond motifs is 1. The standard InChI is InChI=1S/C36H33N3O4S/c1-3-43-31-20-16-29(17-21-31)37-44(41,42)32-22-23-34-33(24-32)36(40)39(30-18-14-26(2)15-19-30)35(28-12-8-5-9-13-28)38(34)25-27-10-6-4-7-11-27/h4-24,35,37H,3,25H2,1-2H3/t35-/m1/s1. The summed E-state index contributed by atoms with van der Waals surface area (Å²) in [6, 6.07) is 39.3. The topological polar surface area (TPSA) is 78.9 Å². The van der Waals surface area contributed by atoms with Crippen molar-refractivity contribution < 1.29 is 17.9 Å². The van der Waals surface area contributed by atoms with Gasteiger partial charge in [0.2, 0.25) is 0 Å². The number of hydrogen-bond donors (Lipinski definition) is 1. The summed E-state index contributed by atoms with van der Waals surface area (Å²) in [5.74, 6) is 0.373. The number of ether oxygens (including phenoxy) is 1. The molecular weight excluding hydrogens is 570 g/mol. The van der Waals surface area contributed by atoms with Gasteiger partial charge in [-0.15, -0.1) is 0 Å². The minimum Gasteiger partial charge on any atom is -0.494 e. The fraction of sp³-hybridized carbons (Fsp3) is 0.139. The molecule has 0 saturated carbocycles. The lowest BCUT2D eigenvalue weighted by atomic mass is 9.99. The first kappa shape index (κ1) is 29.0. The van der Waals surface area contributed by atoms with Gasteiger partial charge in [0.05, 0.1) is 22.8 Å². The quantitative estimate of drug-likeness (QED) is 0.188. The van der Waals surface area contributed by atoms with E-state index in [2.05, 4.69) is 9.62 Å². The molecule has 0 bridgehead atoms. The third kappa shape index (κ3) is 5.89. The van der Waals surface area contributed by atoms with E-state index >= 15 is 0 Å². The summed E-state index contributed by atoms with van der Waals surface area (Å²) in [6.07, 6.45) is -0.469. The number of benzene rings is 5. The Morgan fingerprint density at radius 2 is 1.45 bits per heavy atom. The number of rotatable bonds is 9. The van der Waals surface area contributed by atoms with Crippen molar-refractivity contribution >= 4 is 33.0 Å². The zero-order valence-corrected chi connectivity index (χ0v) is 25.4. The van der Waals surface area contributed by atoms with Gasteiger partial charge < -0.3 is 9.64 Å². The van der Waals surface area contributed by atoms with Crippen molar-refractivity contribution in [3.05, 3.63) is 150 Å². The minimum atomic E-state index is -4.01. The Balaban J connectivity index is 1.47. The van der Waals surface area contributed by atoms with Crippen molar-refractivity contribution in [1.82, 2.24) is 0 Å². The van der Waals surface area contributed by atoms with Crippen LogP contribution in [0.2, 0.25) is 0 Å². The van der Waals surface area contributed by atoms with Gasteiger partial charge in [0.25, 0.3) is 15.9 Å². The molecule has 0 saturated heterocycles. The second-order valence-electron chi connectivity index (χ2n) is 10.7. The molecule has 5 aromatic carbocycles. The van der Waals surface area contributed by atoms with Crippen molar-refractivity contribution in [3.8, 4) is 5.75 Å². The molecule has 0 aromatic heterocycles. The van der Waals surface area contributed by atoms with E-state index in [-0.39, 0.29) is 10.8 Å². The van der Waals surface area contributed by atoms with Crippen LogP contribution in [0, 0.1) is 6.92 Å². The van der Waals surface area contributed by atoms with Gasteiger partial charge in [-0.25, -0.2) is 8.42 Å². The first-order valence-electron chi connectivity index (χ1n) is 14.5. The lowest BCUT2D eigenvalue weighted by molar-refractivity contribution is 0.0968. The van der Waals surface area contributed by atoms with Crippen LogP contribution in [0.1, 0.15) is 40.1 Å². The average molecular weight is 604 g/mol. The third-order valence-electron chi connectivity index (χ3n) is 7.60. The van der Waals surface area contributed by atoms with Gasteiger partial charge in [-0.2, -0.15) is 0 Å². The predicted octanol–water partition coefficient (Wildman–Crippen LogP) is 7.56. The molecule has 0 unspecified atom stereocenters. The molecule has 0 fully saturated rings. The lowest BCUT2D eigenvalue weighted by Gasteiger charge is -2.46. The maximum absolute atomic E-state index is 14.5. The molecule has 222 valence electrons. The molecular formula is C36H33N3O4S. The zero-order valence-electron chi connectivity index (χ0n) is 24.6. The number of amides is 1. The molecule has 5 aromatic rings. The van der Waals surface area contributed by atoms with Crippen LogP contribution in [0.25, 0.3) is 0 Å². The first-order valence-corrected chi connectivity index (χ1v) is 16.0. The predicted molar refractivity (Wildman–Crippen MR) is 175 cm³/mol. The lowest BCUT2D eigenvalue weighted by Crippen LogP contribution is -2.49. The Morgan fingerprint density at radius 3 is 2.11 bits per heavy atom. The van der Waals surface area contributed by atoms with E-state index < -0.39 is 16.2 Å². The number of anilines is 3. The van der Waals surface area contributed by atoms with E-state index in [1.165, 1.54) is 6.07 Å². The summed E-state index contributed by atoms with van der Waals surface area (Å²) in [7, 11) is -4.01. The van der Waals surface area contributed by atoms with E-state index in [9.17, 15) is 13.2 Å². The molecule has 1 heterocycles. The molecule has 8 heteroatoms. The molecule has 0 aliphatic carbocycles. The number of carbonyl (C=O) groups is 1. The van der Waals surface area contributed by atoms with Gasteiger partial charge in [0.15, 0.2) is 0 Å². The number of hydrogen-bond acceptors (Lipinski definition) is 5. The summed E-state index contributed by atoms with van der Waals surface area (Å²) in [6.45, 7) is 4.90. The van der Waals surface area contributed by atoms with Crippen molar-refractivity contribution in [3.63, 3.8) is 0 Å². The second kappa shape index (κ2) is 12.3. The van der Waals surface area contributed by atoms with Crippen LogP contribution < -0.4 is 19.3 Å². The number of aryl methyl sites for hydroxylation is 1. The summed E-state index contributed by atoms with van der Waals surface area (Å²) in [4.78, 5) is 18.4. The normalized spacial score (nSPS) is 14.7. The largest absolute Gasteiger partial charge is 0.494 e. The summed E-state index contributed by atoms with van der Waals surface area (Å²) in [5.41, 5.74) is 5.17. The van der Waals surface area contributed by atoms with Crippen LogP contribution in [0.15, 0.2) is 132 Å². The Bertz CT molecular complexity index is 1860. The number of nitrogens with one attached hydrogen (secondary N) is 1. The van der Waals surface area contributed by atoms with Crippen molar-refractivity contribution in [1.29, 1.82) is 0 Å². The Kier molecular flexibility index (Phi) is 8.09. The first-order chi connectivity index (χ1) is 21.3. The molecule has 44 heavy (non-hydrogen) atoms. The highest BCUT2D eigenvalue weighted by Gasteiger charge is 2.40. The van der Waals surface area contributed by atoms with Crippen LogP contribution in [-0.2, 0) is 16.6 Å². The van der Waals surface area contributed by atoms with Crippen molar-refractivity contribution in [2.45, 2.75) is 31.5 Å². The van der Waals surface area contributed by atoms with E-state index in [0.29, 0.717) is 35.8 Å². The highest BCUT2D eigenvalue weighted by molar-refractivity contribution is 7.92. The van der Waals surface area contributed by atoms with Gasteiger partial charge in [0, 0.05) is 17.9 Å². The maximum Gasteiger partial charge on any atom is 0.262 e. The fourth-order valence-corrected chi connectivity index (χ4v) is 6.57. The van der Waals surface area contributed by atoms with E-state index in [1.807, 2.05) is 98.8 Å². The maximum atomic E-state index is 14.5. The molecule has 6 rings (SSSR count). The Labute approximate surface area is 258 Å².